The highest BCUT2D eigenvalue weighted by molar-refractivity contribution is 7.26. The van der Waals surface area contributed by atoms with E-state index in [1.807, 2.05) is 11.3 Å². The molecule has 2 aromatic heterocycles. The summed E-state index contributed by atoms with van der Waals surface area (Å²) in [5.74, 6) is 0. The molecule has 49 heavy (non-hydrogen) atoms. The molecular weight excluding hydrogens is 605 g/mol. The molecular formula is C42H48B5NS. The molecule has 0 amide bonds. The SMILES string of the molecule is Bc1c(B)c(B)c(-c2cccc3sc4ccc(-n5c6ccc(C(C)(C)C)cc6c6cc(C(C)(C)C)ccc65)c(C(C)(C)C)c4c23)c(B)c1B. The van der Waals surface area contributed by atoms with Gasteiger partial charge in [-0.25, -0.2) is 0 Å². The van der Waals surface area contributed by atoms with E-state index in [2.05, 4.69) is 173 Å². The van der Waals surface area contributed by atoms with Gasteiger partial charge in [-0.05, 0) is 86.5 Å². The lowest BCUT2D eigenvalue weighted by Gasteiger charge is -2.27. The van der Waals surface area contributed by atoms with E-state index in [4.69, 9.17) is 0 Å². The smallest absolute Gasteiger partial charge is 0.139 e. The van der Waals surface area contributed by atoms with E-state index in [1.54, 1.807) is 0 Å². The summed E-state index contributed by atoms with van der Waals surface area (Å²) < 4.78 is 5.29. The summed E-state index contributed by atoms with van der Waals surface area (Å²) in [6.07, 6.45) is 0. The minimum atomic E-state index is -0.112. The number of rotatable bonds is 2. The Labute approximate surface area is 301 Å². The fourth-order valence-corrected chi connectivity index (χ4v) is 9.31. The lowest BCUT2D eigenvalue weighted by molar-refractivity contribution is 0.590. The second kappa shape index (κ2) is 11.2. The first kappa shape index (κ1) is 33.9. The van der Waals surface area contributed by atoms with Crippen molar-refractivity contribution >= 4 is 120 Å². The highest BCUT2D eigenvalue weighted by atomic mass is 32.1. The van der Waals surface area contributed by atoms with Gasteiger partial charge in [-0.15, -0.1) is 27.7 Å². The van der Waals surface area contributed by atoms with E-state index in [0.29, 0.717) is 0 Å². The lowest BCUT2D eigenvalue weighted by atomic mass is 9.59. The van der Waals surface area contributed by atoms with Crippen molar-refractivity contribution in [1.82, 2.24) is 4.57 Å². The lowest BCUT2D eigenvalue weighted by Crippen LogP contribution is -2.55. The summed E-state index contributed by atoms with van der Waals surface area (Å²) in [6, 6.07) is 26.1. The number of hydrogen-bond acceptors (Lipinski definition) is 1. The zero-order valence-corrected chi connectivity index (χ0v) is 33.0. The van der Waals surface area contributed by atoms with Crippen molar-refractivity contribution in [2.45, 2.75) is 78.6 Å². The Hall–Kier alpha value is -3.56. The minimum absolute atomic E-state index is 0.0642. The Balaban J connectivity index is 1.66. The fourth-order valence-electron chi connectivity index (χ4n) is 8.17. The molecule has 242 valence electrons. The van der Waals surface area contributed by atoms with Crippen molar-refractivity contribution in [3.63, 3.8) is 0 Å². The van der Waals surface area contributed by atoms with Gasteiger partial charge in [0.25, 0.3) is 0 Å². The average Bonchev–Trinajstić information content (AvgIpc) is 3.56. The van der Waals surface area contributed by atoms with E-state index < -0.39 is 0 Å². The van der Waals surface area contributed by atoms with Crippen LogP contribution >= 0.6 is 11.3 Å². The molecule has 0 aliphatic carbocycles. The van der Waals surface area contributed by atoms with Crippen molar-refractivity contribution in [1.29, 1.82) is 0 Å². The molecule has 0 bridgehead atoms. The Morgan fingerprint density at radius 3 is 1.49 bits per heavy atom. The van der Waals surface area contributed by atoms with Gasteiger partial charge in [-0.1, -0.05) is 97.5 Å². The largest absolute Gasteiger partial charge is 0.309 e. The van der Waals surface area contributed by atoms with Gasteiger partial charge in [-0.3, -0.25) is 0 Å². The molecule has 7 aromatic rings. The molecule has 0 aliphatic rings. The van der Waals surface area contributed by atoms with Gasteiger partial charge >= 0.3 is 0 Å². The molecule has 0 fully saturated rings. The molecule has 0 aliphatic heterocycles. The van der Waals surface area contributed by atoms with E-state index in [1.165, 1.54) is 103 Å². The molecule has 0 radical (unpaired) electrons. The van der Waals surface area contributed by atoms with Crippen LogP contribution in [-0.2, 0) is 16.2 Å². The van der Waals surface area contributed by atoms with Crippen LogP contribution in [0.4, 0.5) is 0 Å². The maximum atomic E-state index is 2.58. The molecule has 7 heteroatoms. The molecule has 1 nitrogen and oxygen atoms in total. The molecule has 0 saturated carbocycles. The third-order valence-electron chi connectivity index (χ3n) is 11.4. The predicted octanol–water partition coefficient (Wildman–Crippen LogP) is 4.00. The maximum absolute atomic E-state index is 2.58. The summed E-state index contributed by atoms with van der Waals surface area (Å²) in [4.78, 5) is 0. The van der Waals surface area contributed by atoms with Gasteiger partial charge in [0.1, 0.15) is 39.2 Å². The molecule has 2 heterocycles. The van der Waals surface area contributed by atoms with Crippen molar-refractivity contribution < 1.29 is 0 Å². The maximum Gasteiger partial charge on any atom is 0.139 e. The second-order valence-corrected chi connectivity index (χ2v) is 18.7. The van der Waals surface area contributed by atoms with Crippen molar-refractivity contribution in [2.24, 2.45) is 0 Å². The quantitative estimate of drug-likeness (QED) is 0.249. The van der Waals surface area contributed by atoms with Gasteiger partial charge in [-0.2, -0.15) is 0 Å². The Morgan fingerprint density at radius 1 is 0.510 bits per heavy atom. The highest BCUT2D eigenvalue weighted by Gasteiger charge is 2.29. The first-order chi connectivity index (χ1) is 22.8. The first-order valence-corrected chi connectivity index (χ1v) is 18.8. The Bertz CT molecular complexity index is 2400. The van der Waals surface area contributed by atoms with E-state index in [0.717, 1.165) is 0 Å². The zero-order valence-electron chi connectivity index (χ0n) is 32.2. The predicted molar refractivity (Wildman–Crippen MR) is 236 cm³/mol. The van der Waals surface area contributed by atoms with Crippen LogP contribution in [0, 0.1) is 0 Å². The van der Waals surface area contributed by atoms with Crippen LogP contribution in [0.3, 0.4) is 0 Å². The molecule has 0 N–H and O–H groups in total. The molecule has 0 spiro atoms. The number of benzene rings is 5. The monoisotopic (exact) mass is 653 g/mol. The van der Waals surface area contributed by atoms with Crippen LogP contribution in [0.5, 0.6) is 0 Å². The number of hydrogen-bond donors (Lipinski definition) is 0. The number of aromatic nitrogens is 1. The summed E-state index contributed by atoms with van der Waals surface area (Å²) in [5.41, 5.74) is 17.8. The van der Waals surface area contributed by atoms with Crippen LogP contribution in [0.2, 0.25) is 0 Å². The van der Waals surface area contributed by atoms with E-state index in [-0.39, 0.29) is 16.2 Å². The Kier molecular flexibility index (Phi) is 7.77. The number of thiophene rings is 1. The second-order valence-electron chi connectivity index (χ2n) is 17.7. The summed E-state index contributed by atoms with van der Waals surface area (Å²) >= 11 is 1.94. The molecule has 0 atom stereocenters. The van der Waals surface area contributed by atoms with Gasteiger partial charge in [0.2, 0.25) is 0 Å². The van der Waals surface area contributed by atoms with E-state index in [9.17, 15) is 0 Å². The number of fused-ring (bicyclic) bond motifs is 6. The normalized spacial score (nSPS) is 13.0. The van der Waals surface area contributed by atoms with Crippen LogP contribution in [0.25, 0.3) is 58.8 Å². The van der Waals surface area contributed by atoms with Gasteiger partial charge in [0, 0.05) is 30.9 Å². The highest BCUT2D eigenvalue weighted by Crippen LogP contribution is 2.47. The molecule has 5 aromatic carbocycles. The minimum Gasteiger partial charge on any atom is -0.309 e. The van der Waals surface area contributed by atoms with Crippen molar-refractivity contribution in [3.8, 4) is 16.8 Å². The molecule has 0 saturated heterocycles. The van der Waals surface area contributed by atoms with Gasteiger partial charge in [0.05, 0.1) is 16.7 Å². The van der Waals surface area contributed by atoms with Crippen molar-refractivity contribution in [3.05, 3.63) is 83.4 Å². The van der Waals surface area contributed by atoms with E-state index >= 15 is 0 Å². The number of nitrogens with zero attached hydrogens (tertiary/aromatic N) is 1. The topological polar surface area (TPSA) is 4.93 Å². The summed E-state index contributed by atoms with van der Waals surface area (Å²) in [5, 5.41) is 5.47. The van der Waals surface area contributed by atoms with Crippen molar-refractivity contribution in [2.75, 3.05) is 0 Å². The van der Waals surface area contributed by atoms with Gasteiger partial charge in [0.15, 0.2) is 0 Å². The van der Waals surface area contributed by atoms with Crippen LogP contribution in [0.1, 0.15) is 79.0 Å². The van der Waals surface area contributed by atoms with Crippen LogP contribution in [0.15, 0.2) is 66.7 Å². The zero-order chi connectivity index (χ0) is 35.5. The summed E-state index contributed by atoms with van der Waals surface area (Å²) in [7, 11) is 11.5. The Morgan fingerprint density at radius 2 is 1.00 bits per heavy atom. The average molecular weight is 653 g/mol. The fraction of sp³-hybridized carbons (Fsp3) is 0.286. The third-order valence-corrected chi connectivity index (χ3v) is 12.5. The molecule has 0 unspecified atom stereocenters. The third kappa shape index (κ3) is 5.25. The van der Waals surface area contributed by atoms with Crippen LogP contribution < -0.4 is 27.3 Å². The first-order valence-electron chi connectivity index (χ1n) is 18.0. The standard InChI is InChI=1S/C42H48B5NS/c1-40(2,3)21-13-15-26-24(19-21)25-20-22(41(4,5)6)14-16-27(25)48(26)28-17-18-30-33(34(28)42(7,8)9)31-23(11-10-12-29(31)49-30)32-35(43)37(45)39(47)38(46)36(32)44/h10-20H,43-47H2,1-9H3. The van der Waals surface area contributed by atoms with Gasteiger partial charge < -0.3 is 4.57 Å². The molecule has 7 rings (SSSR count). The summed E-state index contributed by atoms with van der Waals surface area (Å²) in [6.45, 7) is 21.1. The van der Waals surface area contributed by atoms with Crippen LogP contribution in [-0.4, -0.2) is 43.8 Å².